The van der Waals surface area contributed by atoms with Gasteiger partial charge in [0.15, 0.2) is 16.4 Å². The number of hydrogen-bond acceptors (Lipinski definition) is 4. The first-order valence-corrected chi connectivity index (χ1v) is 8.84. The summed E-state index contributed by atoms with van der Waals surface area (Å²) in [6, 6.07) is 16.5. The van der Waals surface area contributed by atoms with Crippen molar-refractivity contribution in [1.29, 1.82) is 0 Å². The third-order valence-electron chi connectivity index (χ3n) is 3.84. The first kappa shape index (κ1) is 16.3. The Labute approximate surface area is 136 Å². The van der Waals surface area contributed by atoms with Crippen molar-refractivity contribution >= 4 is 18.4 Å². The molecule has 0 aliphatic carbocycles. The number of aliphatic hydroxyl groups is 1. The molecule has 0 saturated carbocycles. The van der Waals surface area contributed by atoms with Crippen LogP contribution in [0, 0.1) is 0 Å². The molecule has 1 N–H and O–H groups in total. The van der Waals surface area contributed by atoms with Gasteiger partial charge in [-0.2, -0.15) is 0 Å². The Morgan fingerprint density at radius 3 is 2.26 bits per heavy atom. The zero-order valence-electron chi connectivity index (χ0n) is 13.2. The SMILES string of the molecule is CC1(C)OCC(C(O)c2ccc([P+](=O)c3ccccc3)cc2)O1. The lowest BCUT2D eigenvalue weighted by molar-refractivity contribution is -0.151. The quantitative estimate of drug-likeness (QED) is 0.875. The van der Waals surface area contributed by atoms with Gasteiger partial charge in [0.2, 0.25) is 0 Å². The van der Waals surface area contributed by atoms with Gasteiger partial charge in [-0.05, 0) is 43.7 Å². The number of ether oxygens (including phenoxy) is 2. The highest BCUT2D eigenvalue weighted by Crippen LogP contribution is 2.31. The Balaban J connectivity index is 1.73. The van der Waals surface area contributed by atoms with E-state index in [1.165, 1.54) is 0 Å². The van der Waals surface area contributed by atoms with Crippen LogP contribution in [0.4, 0.5) is 0 Å². The molecule has 1 saturated heterocycles. The highest BCUT2D eigenvalue weighted by Gasteiger charge is 2.37. The minimum atomic E-state index is -1.62. The third-order valence-corrected chi connectivity index (χ3v) is 5.38. The van der Waals surface area contributed by atoms with Crippen LogP contribution in [0.25, 0.3) is 0 Å². The number of aliphatic hydroxyl groups excluding tert-OH is 1. The molecule has 1 aliphatic rings. The summed E-state index contributed by atoms with van der Waals surface area (Å²) in [4.78, 5) is 0. The van der Waals surface area contributed by atoms with E-state index in [2.05, 4.69) is 0 Å². The molecule has 120 valence electrons. The molecule has 3 atom stereocenters. The van der Waals surface area contributed by atoms with Gasteiger partial charge in [0.05, 0.1) is 6.61 Å². The molecule has 1 fully saturated rings. The van der Waals surface area contributed by atoms with Gasteiger partial charge in [-0.1, -0.05) is 34.9 Å². The minimum Gasteiger partial charge on any atom is -0.386 e. The Hall–Kier alpha value is -1.58. The summed E-state index contributed by atoms with van der Waals surface area (Å²) < 4.78 is 23.7. The zero-order chi connectivity index (χ0) is 16.4. The van der Waals surface area contributed by atoms with Crippen molar-refractivity contribution in [3.63, 3.8) is 0 Å². The van der Waals surface area contributed by atoms with E-state index in [1.54, 1.807) is 24.3 Å². The maximum atomic E-state index is 12.5. The standard InChI is InChI=1S/C18H20O4P/c1-18(2)21-12-16(22-18)17(19)13-8-10-15(11-9-13)23(20)14-6-4-3-5-7-14/h3-11,16-17,19H,12H2,1-2H3/q+1. The third kappa shape index (κ3) is 3.67. The lowest BCUT2D eigenvalue weighted by atomic mass is 10.1. The van der Waals surface area contributed by atoms with E-state index < -0.39 is 25.8 Å². The lowest BCUT2D eigenvalue weighted by Gasteiger charge is -2.20. The van der Waals surface area contributed by atoms with E-state index in [0.717, 1.165) is 16.2 Å². The fourth-order valence-corrected chi connectivity index (χ4v) is 3.77. The van der Waals surface area contributed by atoms with Crippen LogP contribution in [0.3, 0.4) is 0 Å². The smallest absolute Gasteiger partial charge is 0.386 e. The first-order valence-electron chi connectivity index (χ1n) is 7.58. The van der Waals surface area contributed by atoms with Gasteiger partial charge in [0.25, 0.3) is 0 Å². The monoisotopic (exact) mass is 331 g/mol. The second kappa shape index (κ2) is 6.50. The summed E-state index contributed by atoms with van der Waals surface area (Å²) in [6.07, 6.45) is -1.15. The molecule has 0 radical (unpaired) electrons. The van der Waals surface area contributed by atoms with Crippen molar-refractivity contribution in [2.45, 2.75) is 31.8 Å². The van der Waals surface area contributed by atoms with E-state index >= 15 is 0 Å². The van der Waals surface area contributed by atoms with E-state index in [4.69, 9.17) is 9.47 Å². The normalized spacial score (nSPS) is 21.9. The predicted molar refractivity (Wildman–Crippen MR) is 89.6 cm³/mol. The highest BCUT2D eigenvalue weighted by atomic mass is 31.1. The molecule has 0 spiro atoms. The van der Waals surface area contributed by atoms with Crippen LogP contribution in [-0.2, 0) is 14.0 Å². The van der Waals surface area contributed by atoms with Crippen molar-refractivity contribution in [3.8, 4) is 0 Å². The van der Waals surface area contributed by atoms with Crippen molar-refractivity contribution < 1.29 is 19.1 Å². The van der Waals surface area contributed by atoms with Gasteiger partial charge in [-0.3, -0.25) is 0 Å². The molecule has 0 amide bonds. The molecular weight excluding hydrogens is 311 g/mol. The second-order valence-electron chi connectivity index (χ2n) is 6.03. The molecule has 23 heavy (non-hydrogen) atoms. The molecule has 3 unspecified atom stereocenters. The van der Waals surface area contributed by atoms with Crippen LogP contribution < -0.4 is 10.6 Å². The van der Waals surface area contributed by atoms with Crippen LogP contribution in [0.2, 0.25) is 0 Å². The van der Waals surface area contributed by atoms with Crippen LogP contribution in [0.1, 0.15) is 25.5 Å². The molecule has 0 aromatic heterocycles. The molecule has 5 heteroatoms. The fraction of sp³-hybridized carbons (Fsp3) is 0.333. The summed E-state index contributed by atoms with van der Waals surface area (Å²) in [5.74, 6) is -0.664. The van der Waals surface area contributed by atoms with Gasteiger partial charge in [0.1, 0.15) is 12.2 Å². The molecule has 2 aromatic rings. The van der Waals surface area contributed by atoms with Crippen molar-refractivity contribution in [2.24, 2.45) is 0 Å². The molecule has 2 aromatic carbocycles. The lowest BCUT2D eigenvalue weighted by Crippen LogP contribution is -2.25. The largest absolute Gasteiger partial charge is 0.415 e. The van der Waals surface area contributed by atoms with Crippen LogP contribution >= 0.6 is 7.80 Å². The van der Waals surface area contributed by atoms with Crippen LogP contribution in [0.15, 0.2) is 54.6 Å². The average molecular weight is 331 g/mol. The summed E-state index contributed by atoms with van der Waals surface area (Å²) in [5.41, 5.74) is 0.733. The van der Waals surface area contributed by atoms with Gasteiger partial charge < -0.3 is 14.6 Å². The topological polar surface area (TPSA) is 55.8 Å². The number of rotatable bonds is 4. The summed E-state index contributed by atoms with van der Waals surface area (Å²) >= 11 is 0. The maximum Gasteiger partial charge on any atom is 0.415 e. The molecule has 4 nitrogen and oxygen atoms in total. The highest BCUT2D eigenvalue weighted by molar-refractivity contribution is 7.61. The molecule has 0 bridgehead atoms. The van der Waals surface area contributed by atoms with E-state index in [1.807, 2.05) is 44.2 Å². The van der Waals surface area contributed by atoms with Gasteiger partial charge in [0, 0.05) is 0 Å². The first-order chi connectivity index (χ1) is 11.0. The molecule has 1 heterocycles. The maximum absolute atomic E-state index is 12.5. The Morgan fingerprint density at radius 2 is 1.70 bits per heavy atom. The van der Waals surface area contributed by atoms with E-state index in [9.17, 15) is 9.67 Å². The Morgan fingerprint density at radius 1 is 1.09 bits per heavy atom. The fourth-order valence-electron chi connectivity index (χ4n) is 2.61. The Kier molecular flexibility index (Phi) is 4.60. The number of benzene rings is 2. The Bertz CT molecular complexity index is 682. The van der Waals surface area contributed by atoms with Crippen LogP contribution in [-0.4, -0.2) is 23.6 Å². The average Bonchev–Trinajstić information content (AvgIpc) is 2.94. The van der Waals surface area contributed by atoms with Gasteiger partial charge >= 0.3 is 7.80 Å². The van der Waals surface area contributed by atoms with E-state index in [0.29, 0.717) is 6.61 Å². The molecular formula is C18H20O4P+. The molecule has 3 rings (SSSR count). The summed E-state index contributed by atoms with van der Waals surface area (Å²) in [7, 11) is -1.62. The second-order valence-corrected chi connectivity index (χ2v) is 7.65. The van der Waals surface area contributed by atoms with Gasteiger partial charge in [-0.15, -0.1) is 0 Å². The van der Waals surface area contributed by atoms with Crippen molar-refractivity contribution in [3.05, 3.63) is 60.2 Å². The minimum absolute atomic E-state index is 0.355. The van der Waals surface area contributed by atoms with Gasteiger partial charge in [-0.25, -0.2) is 0 Å². The van der Waals surface area contributed by atoms with Crippen molar-refractivity contribution in [2.75, 3.05) is 6.61 Å². The van der Waals surface area contributed by atoms with Crippen molar-refractivity contribution in [1.82, 2.24) is 0 Å². The molecule has 1 aliphatic heterocycles. The van der Waals surface area contributed by atoms with E-state index in [-0.39, 0.29) is 0 Å². The predicted octanol–water partition coefficient (Wildman–Crippen LogP) is 2.65. The number of hydrogen-bond donors (Lipinski definition) is 1. The summed E-state index contributed by atoms with van der Waals surface area (Å²) in [6.45, 7) is 4.01. The summed E-state index contributed by atoms with van der Waals surface area (Å²) in [5, 5.41) is 12.0. The zero-order valence-corrected chi connectivity index (χ0v) is 14.1. The van der Waals surface area contributed by atoms with Crippen LogP contribution in [0.5, 0.6) is 0 Å².